The Morgan fingerprint density at radius 2 is 1.25 bits per heavy atom. The molecule has 4 aromatic carbocycles. The minimum Gasteiger partial charge on any atom is -0.366 e. The number of nitrogens with one attached hydrogen (secondary N) is 1. The molecule has 2 nitrogen and oxygen atoms in total. The van der Waals surface area contributed by atoms with Crippen LogP contribution in [0.1, 0.15) is 5.56 Å². The number of hydrogen-bond donors (Lipinski definition) is 1. The lowest BCUT2D eigenvalue weighted by atomic mass is 9.94. The number of anilines is 1. The minimum absolute atomic E-state index is 0.758. The van der Waals surface area contributed by atoms with Gasteiger partial charge in [-0.1, -0.05) is 84.9 Å². The van der Waals surface area contributed by atoms with Crippen molar-refractivity contribution in [2.24, 2.45) is 0 Å². The summed E-state index contributed by atoms with van der Waals surface area (Å²) >= 11 is 0. The van der Waals surface area contributed by atoms with Crippen molar-refractivity contribution in [1.29, 1.82) is 0 Å². The summed E-state index contributed by atoms with van der Waals surface area (Å²) in [5.41, 5.74) is 3.42. The maximum absolute atomic E-state index is 4.95. The van der Waals surface area contributed by atoms with Gasteiger partial charge in [-0.3, -0.25) is 0 Å². The highest BCUT2D eigenvalue weighted by Crippen LogP contribution is 2.35. The number of benzene rings is 4. The highest BCUT2D eigenvalue weighted by molar-refractivity contribution is 6.12. The molecule has 0 aliphatic heterocycles. The molecule has 134 valence electrons. The smallest absolute Gasteiger partial charge is 0.126 e. The van der Waals surface area contributed by atoms with Gasteiger partial charge in [-0.25, -0.2) is 4.98 Å². The Bertz CT molecular complexity index is 1210. The molecular formula is C26H20N2. The molecule has 0 aliphatic rings. The van der Waals surface area contributed by atoms with Crippen LogP contribution < -0.4 is 5.32 Å². The number of aromatic nitrogens is 1. The largest absolute Gasteiger partial charge is 0.366 e. The van der Waals surface area contributed by atoms with Gasteiger partial charge in [0.05, 0.1) is 5.69 Å². The van der Waals surface area contributed by atoms with E-state index in [2.05, 4.69) is 96.3 Å². The number of pyridine rings is 1. The molecule has 0 amide bonds. The first-order chi connectivity index (χ1) is 13.9. The predicted octanol–water partition coefficient (Wildman–Crippen LogP) is 6.67. The molecule has 5 rings (SSSR count). The van der Waals surface area contributed by atoms with E-state index < -0.39 is 0 Å². The van der Waals surface area contributed by atoms with E-state index in [1.165, 1.54) is 32.7 Å². The van der Waals surface area contributed by atoms with Crippen molar-refractivity contribution in [3.8, 4) is 11.3 Å². The van der Waals surface area contributed by atoms with E-state index in [0.29, 0.717) is 0 Å². The van der Waals surface area contributed by atoms with Crippen molar-refractivity contribution in [2.75, 3.05) is 5.32 Å². The average molecular weight is 360 g/mol. The van der Waals surface area contributed by atoms with E-state index in [0.717, 1.165) is 18.1 Å². The monoisotopic (exact) mass is 360 g/mol. The van der Waals surface area contributed by atoms with Crippen LogP contribution in [0.4, 0.5) is 5.82 Å². The molecule has 0 saturated carbocycles. The lowest BCUT2D eigenvalue weighted by Crippen LogP contribution is -2.01. The average Bonchev–Trinajstić information content (AvgIpc) is 2.77. The van der Waals surface area contributed by atoms with Gasteiger partial charge >= 0.3 is 0 Å². The SMILES string of the molecule is c1ccc(CNc2cccc(-c3c4ccccc4cc4ccccc34)n2)cc1. The van der Waals surface area contributed by atoms with Crippen molar-refractivity contribution in [3.05, 3.63) is 109 Å². The van der Waals surface area contributed by atoms with Gasteiger partial charge in [0, 0.05) is 12.1 Å². The fraction of sp³-hybridized carbons (Fsp3) is 0.0385. The summed E-state index contributed by atoms with van der Waals surface area (Å²) in [5.74, 6) is 0.887. The summed E-state index contributed by atoms with van der Waals surface area (Å²) < 4.78 is 0. The second kappa shape index (κ2) is 7.16. The molecular weight excluding hydrogens is 340 g/mol. The lowest BCUT2D eigenvalue weighted by molar-refractivity contribution is 1.11. The van der Waals surface area contributed by atoms with Crippen LogP contribution >= 0.6 is 0 Å². The maximum atomic E-state index is 4.95. The molecule has 2 heteroatoms. The first-order valence-electron chi connectivity index (χ1n) is 9.54. The van der Waals surface area contributed by atoms with Gasteiger partial charge in [-0.05, 0) is 45.3 Å². The van der Waals surface area contributed by atoms with Crippen LogP contribution in [0, 0.1) is 0 Å². The van der Waals surface area contributed by atoms with E-state index in [1.807, 2.05) is 12.1 Å². The van der Waals surface area contributed by atoms with Crippen LogP contribution in [-0.4, -0.2) is 4.98 Å². The van der Waals surface area contributed by atoms with Crippen molar-refractivity contribution in [3.63, 3.8) is 0 Å². The third kappa shape index (κ3) is 3.10. The molecule has 0 aliphatic carbocycles. The molecule has 0 fully saturated rings. The fourth-order valence-corrected chi connectivity index (χ4v) is 3.75. The molecule has 0 bridgehead atoms. The normalized spacial score (nSPS) is 11.0. The quantitative estimate of drug-likeness (QED) is 0.362. The summed E-state index contributed by atoms with van der Waals surface area (Å²) in [5, 5.41) is 8.39. The van der Waals surface area contributed by atoms with E-state index in [-0.39, 0.29) is 0 Å². The summed E-state index contributed by atoms with van der Waals surface area (Å²) in [4.78, 5) is 4.95. The third-order valence-electron chi connectivity index (χ3n) is 5.09. The summed E-state index contributed by atoms with van der Waals surface area (Å²) in [6, 6.07) is 35.9. The van der Waals surface area contributed by atoms with Crippen LogP contribution in [0.15, 0.2) is 103 Å². The second-order valence-electron chi connectivity index (χ2n) is 6.94. The van der Waals surface area contributed by atoms with Crippen molar-refractivity contribution in [1.82, 2.24) is 4.98 Å². The standard InChI is InChI=1S/C26H20N2/c1-2-9-19(10-3-1)18-27-25-16-8-15-24(28-25)26-22-13-6-4-11-20(22)17-21-12-5-7-14-23(21)26/h1-17H,18H2,(H,27,28). The van der Waals surface area contributed by atoms with Gasteiger partial charge in [0.25, 0.3) is 0 Å². The van der Waals surface area contributed by atoms with E-state index in [9.17, 15) is 0 Å². The van der Waals surface area contributed by atoms with Crippen molar-refractivity contribution < 1.29 is 0 Å². The number of rotatable bonds is 4. The molecule has 5 aromatic rings. The number of hydrogen-bond acceptors (Lipinski definition) is 2. The van der Waals surface area contributed by atoms with Crippen LogP contribution in [0.25, 0.3) is 32.8 Å². The zero-order chi connectivity index (χ0) is 18.8. The molecule has 0 saturated heterocycles. The molecule has 0 spiro atoms. The van der Waals surface area contributed by atoms with E-state index in [1.54, 1.807) is 0 Å². The fourth-order valence-electron chi connectivity index (χ4n) is 3.75. The molecule has 1 aromatic heterocycles. The van der Waals surface area contributed by atoms with Gasteiger partial charge in [0.15, 0.2) is 0 Å². The molecule has 0 unspecified atom stereocenters. The van der Waals surface area contributed by atoms with Crippen LogP contribution in [0.3, 0.4) is 0 Å². The van der Waals surface area contributed by atoms with Crippen LogP contribution in [-0.2, 0) is 6.54 Å². The van der Waals surface area contributed by atoms with E-state index >= 15 is 0 Å². The van der Waals surface area contributed by atoms with Gasteiger partial charge in [0.2, 0.25) is 0 Å². The number of nitrogens with zero attached hydrogens (tertiary/aromatic N) is 1. The second-order valence-corrected chi connectivity index (χ2v) is 6.94. The molecule has 1 N–H and O–H groups in total. The van der Waals surface area contributed by atoms with Crippen LogP contribution in [0.5, 0.6) is 0 Å². The van der Waals surface area contributed by atoms with Crippen molar-refractivity contribution >= 4 is 27.4 Å². The Labute approximate surface area is 164 Å². The van der Waals surface area contributed by atoms with Gasteiger partial charge < -0.3 is 5.32 Å². The summed E-state index contributed by atoms with van der Waals surface area (Å²) in [6.07, 6.45) is 0. The summed E-state index contributed by atoms with van der Waals surface area (Å²) in [7, 11) is 0. The molecule has 28 heavy (non-hydrogen) atoms. The molecule has 0 atom stereocenters. The maximum Gasteiger partial charge on any atom is 0.126 e. The van der Waals surface area contributed by atoms with Gasteiger partial charge in [0.1, 0.15) is 5.82 Å². The third-order valence-corrected chi connectivity index (χ3v) is 5.09. The first kappa shape index (κ1) is 16.5. The van der Waals surface area contributed by atoms with Gasteiger partial charge in [-0.15, -0.1) is 0 Å². The Kier molecular flexibility index (Phi) is 4.23. The van der Waals surface area contributed by atoms with Crippen molar-refractivity contribution in [2.45, 2.75) is 6.54 Å². The first-order valence-corrected chi connectivity index (χ1v) is 9.54. The Balaban J connectivity index is 1.61. The molecule has 0 radical (unpaired) electrons. The summed E-state index contributed by atoms with van der Waals surface area (Å²) in [6.45, 7) is 0.758. The lowest BCUT2D eigenvalue weighted by Gasteiger charge is -2.13. The predicted molar refractivity (Wildman–Crippen MR) is 118 cm³/mol. The van der Waals surface area contributed by atoms with Crippen LogP contribution in [0.2, 0.25) is 0 Å². The Hall–Kier alpha value is -3.65. The van der Waals surface area contributed by atoms with E-state index in [4.69, 9.17) is 4.98 Å². The number of fused-ring (bicyclic) bond motifs is 2. The highest BCUT2D eigenvalue weighted by Gasteiger charge is 2.11. The van der Waals surface area contributed by atoms with Gasteiger partial charge in [-0.2, -0.15) is 0 Å². The Morgan fingerprint density at radius 1 is 0.607 bits per heavy atom. The zero-order valence-electron chi connectivity index (χ0n) is 15.5. The topological polar surface area (TPSA) is 24.9 Å². The molecule has 1 heterocycles. The minimum atomic E-state index is 0.758. The zero-order valence-corrected chi connectivity index (χ0v) is 15.5. The highest BCUT2D eigenvalue weighted by atomic mass is 15.0. The Morgan fingerprint density at radius 3 is 1.96 bits per heavy atom.